The van der Waals surface area contributed by atoms with Crippen molar-refractivity contribution in [3.05, 3.63) is 69.1 Å². The number of rotatable bonds is 1. The van der Waals surface area contributed by atoms with Gasteiger partial charge in [-0.05, 0) is 17.7 Å². The van der Waals surface area contributed by atoms with E-state index in [1.54, 1.807) is 12.1 Å². The second kappa shape index (κ2) is 4.22. The third-order valence-corrected chi connectivity index (χ3v) is 3.18. The van der Waals surface area contributed by atoms with Gasteiger partial charge in [0, 0.05) is 27.3 Å². The first-order valence-corrected chi connectivity index (χ1v) is 5.74. The normalized spacial score (nSPS) is 12.4. The van der Waals surface area contributed by atoms with Crippen LogP contribution in [-0.2, 0) is 0 Å². The van der Waals surface area contributed by atoms with Crippen LogP contribution >= 0.6 is 0 Å². The number of carbonyl (C=O) groups is 2. The molecule has 0 heterocycles. The molecule has 0 amide bonds. The van der Waals surface area contributed by atoms with E-state index in [4.69, 9.17) is 5.53 Å². The topological polar surface area (TPSA) is 103 Å². The summed E-state index contributed by atoms with van der Waals surface area (Å²) >= 11 is 0. The highest BCUT2D eigenvalue weighted by Gasteiger charge is 2.33. The van der Waals surface area contributed by atoms with E-state index in [1.165, 1.54) is 24.3 Å². The highest BCUT2D eigenvalue weighted by Crippen LogP contribution is 2.37. The molecule has 0 aromatic heterocycles. The van der Waals surface area contributed by atoms with Crippen molar-refractivity contribution in [3.63, 3.8) is 0 Å². The number of carbonyl (C=O) groups excluding carboxylic acids is 2. The monoisotopic (exact) mass is 265 g/mol. The molecule has 0 saturated heterocycles. The molecule has 6 heteroatoms. The van der Waals surface area contributed by atoms with Gasteiger partial charge in [0.25, 0.3) is 0 Å². The van der Waals surface area contributed by atoms with E-state index in [2.05, 4.69) is 10.0 Å². The number of phenolic OH excluding ortho intramolecular Hbond substituents is 1. The molecule has 20 heavy (non-hydrogen) atoms. The van der Waals surface area contributed by atoms with Crippen LogP contribution in [0.2, 0.25) is 0 Å². The molecule has 0 fully saturated rings. The smallest absolute Gasteiger partial charge is 0.198 e. The van der Waals surface area contributed by atoms with Crippen LogP contribution < -0.4 is 0 Å². The van der Waals surface area contributed by atoms with Gasteiger partial charge in [0.15, 0.2) is 11.6 Å². The highest BCUT2D eigenvalue weighted by atomic mass is 16.3. The molecule has 0 saturated carbocycles. The Morgan fingerprint density at radius 2 is 1.55 bits per heavy atom. The lowest BCUT2D eigenvalue weighted by atomic mass is 9.83. The third kappa shape index (κ3) is 1.49. The van der Waals surface area contributed by atoms with Gasteiger partial charge in [-0.25, -0.2) is 0 Å². The van der Waals surface area contributed by atoms with Gasteiger partial charge < -0.3 is 5.11 Å². The summed E-state index contributed by atoms with van der Waals surface area (Å²) in [6, 6.07) is 8.89. The number of aromatic hydroxyl groups is 1. The third-order valence-electron chi connectivity index (χ3n) is 3.18. The van der Waals surface area contributed by atoms with Gasteiger partial charge in [-0.2, -0.15) is 0 Å². The molecule has 1 N–H and O–H groups in total. The van der Waals surface area contributed by atoms with E-state index in [0.29, 0.717) is 0 Å². The predicted molar refractivity (Wildman–Crippen MR) is 70.2 cm³/mol. The molecule has 96 valence electrons. The van der Waals surface area contributed by atoms with Gasteiger partial charge >= 0.3 is 0 Å². The van der Waals surface area contributed by atoms with Crippen molar-refractivity contribution in [1.82, 2.24) is 0 Å². The Hall–Kier alpha value is -3.11. The first-order valence-electron chi connectivity index (χ1n) is 5.74. The summed E-state index contributed by atoms with van der Waals surface area (Å²) in [7, 11) is 0. The van der Waals surface area contributed by atoms with E-state index < -0.39 is 11.6 Å². The quantitative estimate of drug-likeness (QED) is 0.415. The largest absolute Gasteiger partial charge is 0.507 e. The fraction of sp³-hybridized carbons (Fsp3) is 0. The summed E-state index contributed by atoms with van der Waals surface area (Å²) in [5, 5.41) is 13.3. The summed E-state index contributed by atoms with van der Waals surface area (Å²) < 4.78 is 0. The summed E-state index contributed by atoms with van der Waals surface area (Å²) in [6.07, 6.45) is 0. The molecule has 0 atom stereocenters. The Labute approximate surface area is 112 Å². The maximum absolute atomic E-state index is 12.5. The number of fused-ring (bicyclic) bond motifs is 2. The minimum absolute atomic E-state index is 0.0353. The summed E-state index contributed by atoms with van der Waals surface area (Å²) in [4.78, 5) is 27.5. The number of nitrogens with zero attached hydrogens (tertiary/aromatic N) is 3. The van der Waals surface area contributed by atoms with Gasteiger partial charge in [0.05, 0.1) is 5.56 Å². The van der Waals surface area contributed by atoms with Crippen molar-refractivity contribution < 1.29 is 14.7 Å². The number of phenols is 1. The zero-order chi connectivity index (χ0) is 14.3. The summed E-state index contributed by atoms with van der Waals surface area (Å²) in [5.74, 6) is -1.19. The zero-order valence-electron chi connectivity index (χ0n) is 10.1. The molecule has 6 nitrogen and oxygen atoms in total. The Balaban J connectivity index is 2.41. The van der Waals surface area contributed by atoms with Crippen molar-refractivity contribution in [2.45, 2.75) is 0 Å². The van der Waals surface area contributed by atoms with Gasteiger partial charge in [-0.3, -0.25) is 9.59 Å². The first-order chi connectivity index (χ1) is 9.65. The van der Waals surface area contributed by atoms with Gasteiger partial charge in [0.2, 0.25) is 0 Å². The number of ketones is 2. The Kier molecular flexibility index (Phi) is 2.52. The molecule has 0 aliphatic heterocycles. The van der Waals surface area contributed by atoms with Gasteiger partial charge in [0.1, 0.15) is 5.75 Å². The summed E-state index contributed by atoms with van der Waals surface area (Å²) in [6.45, 7) is 0. The van der Waals surface area contributed by atoms with Crippen molar-refractivity contribution in [2.24, 2.45) is 5.11 Å². The average molecular weight is 265 g/mol. The molecule has 0 unspecified atom stereocenters. The van der Waals surface area contributed by atoms with Crippen molar-refractivity contribution >= 4 is 17.3 Å². The molecule has 0 radical (unpaired) electrons. The van der Waals surface area contributed by atoms with E-state index in [-0.39, 0.29) is 33.7 Å². The number of hydrogen-bond acceptors (Lipinski definition) is 4. The number of azide groups is 1. The SMILES string of the molecule is [N-]=[N+]=Nc1ccc(O)c2c1C(=O)c1ccccc1C2=O. The lowest BCUT2D eigenvalue weighted by Crippen LogP contribution is -2.21. The fourth-order valence-corrected chi connectivity index (χ4v) is 2.32. The predicted octanol–water partition coefficient (Wildman–Crippen LogP) is 3.11. The lowest BCUT2D eigenvalue weighted by molar-refractivity contribution is 0.0977. The van der Waals surface area contributed by atoms with E-state index in [0.717, 1.165) is 0 Å². The molecule has 2 aromatic rings. The number of hydrogen-bond donors (Lipinski definition) is 1. The van der Waals surface area contributed by atoms with Crippen LogP contribution in [0, 0.1) is 0 Å². The second-order valence-corrected chi connectivity index (χ2v) is 4.25. The van der Waals surface area contributed by atoms with Crippen molar-refractivity contribution in [1.29, 1.82) is 0 Å². The minimum Gasteiger partial charge on any atom is -0.507 e. The maximum atomic E-state index is 12.5. The average Bonchev–Trinajstić information content (AvgIpc) is 2.47. The molecular weight excluding hydrogens is 258 g/mol. The highest BCUT2D eigenvalue weighted by molar-refractivity contribution is 6.30. The van der Waals surface area contributed by atoms with Crippen molar-refractivity contribution in [2.75, 3.05) is 0 Å². The van der Waals surface area contributed by atoms with E-state index >= 15 is 0 Å². The summed E-state index contributed by atoms with van der Waals surface area (Å²) in [5.41, 5.74) is 8.89. The molecule has 1 aliphatic carbocycles. The van der Waals surface area contributed by atoms with Crippen LogP contribution in [0.4, 0.5) is 5.69 Å². The van der Waals surface area contributed by atoms with Crippen LogP contribution in [-0.4, -0.2) is 16.7 Å². The molecule has 0 spiro atoms. The maximum Gasteiger partial charge on any atom is 0.198 e. The van der Waals surface area contributed by atoms with Crippen LogP contribution in [0.15, 0.2) is 41.5 Å². The van der Waals surface area contributed by atoms with Crippen LogP contribution in [0.25, 0.3) is 10.4 Å². The molecular formula is C14H7N3O3. The Morgan fingerprint density at radius 1 is 0.950 bits per heavy atom. The lowest BCUT2D eigenvalue weighted by Gasteiger charge is -2.19. The minimum atomic E-state index is -0.456. The first kappa shape index (κ1) is 12.0. The van der Waals surface area contributed by atoms with Crippen LogP contribution in [0.1, 0.15) is 31.8 Å². The van der Waals surface area contributed by atoms with Gasteiger partial charge in [-0.15, -0.1) is 0 Å². The van der Waals surface area contributed by atoms with Gasteiger partial charge in [-0.1, -0.05) is 29.4 Å². The molecule has 3 rings (SSSR count). The van der Waals surface area contributed by atoms with Crippen molar-refractivity contribution in [3.8, 4) is 5.75 Å². The van der Waals surface area contributed by atoms with Crippen LogP contribution in [0.5, 0.6) is 5.75 Å². The molecule has 0 bridgehead atoms. The zero-order valence-corrected chi connectivity index (χ0v) is 10.1. The molecule has 1 aliphatic rings. The van der Waals surface area contributed by atoms with E-state index in [9.17, 15) is 14.7 Å². The Morgan fingerprint density at radius 3 is 2.15 bits per heavy atom. The number of benzene rings is 2. The van der Waals surface area contributed by atoms with E-state index in [1.807, 2.05) is 0 Å². The standard InChI is InChI=1S/C14H7N3O3/c15-17-16-9-5-6-10(18)12-11(9)13(19)7-3-1-2-4-8(7)14(12)20/h1-6,18H. The second-order valence-electron chi connectivity index (χ2n) is 4.25. The molecule has 2 aromatic carbocycles. The van der Waals surface area contributed by atoms with Crippen LogP contribution in [0.3, 0.4) is 0 Å². The fourth-order valence-electron chi connectivity index (χ4n) is 2.32. The Bertz CT molecular complexity index is 820.